The summed E-state index contributed by atoms with van der Waals surface area (Å²) in [5.41, 5.74) is 10.2. The first-order chi connectivity index (χ1) is 15.1. The van der Waals surface area contributed by atoms with Crippen LogP contribution in [0.3, 0.4) is 0 Å². The fourth-order valence-corrected chi connectivity index (χ4v) is 3.98. The number of para-hydroxylation sites is 1. The van der Waals surface area contributed by atoms with Gasteiger partial charge in [-0.3, -0.25) is 4.79 Å². The van der Waals surface area contributed by atoms with Gasteiger partial charge < -0.3 is 20.2 Å². The Morgan fingerprint density at radius 2 is 1.97 bits per heavy atom. The molecule has 0 saturated carbocycles. The highest BCUT2D eigenvalue weighted by Crippen LogP contribution is 2.36. The van der Waals surface area contributed by atoms with Gasteiger partial charge in [0.25, 0.3) is 5.91 Å². The predicted molar refractivity (Wildman–Crippen MR) is 118 cm³/mol. The number of carbonyl (C=O) groups excluding carboxylic acids is 1. The molecule has 0 unspecified atom stereocenters. The van der Waals surface area contributed by atoms with Crippen LogP contribution in [0.25, 0.3) is 22.4 Å². The van der Waals surface area contributed by atoms with Crippen molar-refractivity contribution in [2.45, 2.75) is 26.5 Å². The summed E-state index contributed by atoms with van der Waals surface area (Å²) in [5, 5.41) is 4.23. The molecule has 5 rings (SSSR count). The third kappa shape index (κ3) is 3.53. The number of aryl methyl sites for hydroxylation is 1. The Morgan fingerprint density at radius 1 is 1.13 bits per heavy atom. The maximum absolute atomic E-state index is 11.8. The zero-order valence-electron chi connectivity index (χ0n) is 17.1. The third-order valence-corrected chi connectivity index (χ3v) is 5.51. The van der Waals surface area contributed by atoms with Crippen LogP contribution in [0.2, 0.25) is 0 Å². The van der Waals surface area contributed by atoms with Gasteiger partial charge in [0.05, 0.1) is 30.0 Å². The van der Waals surface area contributed by atoms with Crippen molar-refractivity contribution < 1.29 is 13.9 Å². The fourth-order valence-electron chi connectivity index (χ4n) is 3.98. The van der Waals surface area contributed by atoms with Crippen LogP contribution in [0.1, 0.15) is 32.9 Å². The van der Waals surface area contributed by atoms with Crippen molar-refractivity contribution in [3.63, 3.8) is 0 Å². The highest BCUT2D eigenvalue weighted by molar-refractivity contribution is 6.07. The largest absolute Gasteiger partial charge is 0.460 e. The van der Waals surface area contributed by atoms with Gasteiger partial charge in [0.15, 0.2) is 5.82 Å². The van der Waals surface area contributed by atoms with E-state index in [2.05, 4.69) is 17.4 Å². The number of nitrogens with zero attached hydrogens (tertiary/aromatic N) is 2. The molecule has 1 aliphatic heterocycles. The monoisotopic (exact) mass is 414 g/mol. The molecule has 1 aliphatic rings. The molecule has 7 nitrogen and oxygen atoms in total. The summed E-state index contributed by atoms with van der Waals surface area (Å²) in [5.74, 6) is 1.43. The molecule has 2 aromatic carbocycles. The number of furan rings is 1. The average molecular weight is 414 g/mol. The van der Waals surface area contributed by atoms with Crippen LogP contribution in [-0.4, -0.2) is 22.5 Å². The van der Waals surface area contributed by atoms with Crippen LogP contribution in [0, 0.1) is 6.92 Å². The van der Waals surface area contributed by atoms with E-state index in [0.717, 1.165) is 33.6 Å². The van der Waals surface area contributed by atoms with Crippen molar-refractivity contribution in [2.75, 3.05) is 11.9 Å². The van der Waals surface area contributed by atoms with E-state index < -0.39 is 5.91 Å². The van der Waals surface area contributed by atoms with Crippen LogP contribution in [0.4, 0.5) is 5.82 Å². The zero-order valence-corrected chi connectivity index (χ0v) is 17.1. The SMILES string of the molecule is Cc1oc2c(C(N)=O)cccc2c1-c1nc2c(c(NCc3ccccc3)n1)COCC2. The molecule has 0 bridgehead atoms. The summed E-state index contributed by atoms with van der Waals surface area (Å²) in [7, 11) is 0. The molecule has 156 valence electrons. The van der Waals surface area contributed by atoms with E-state index in [1.165, 1.54) is 0 Å². The van der Waals surface area contributed by atoms with Gasteiger partial charge in [0.1, 0.15) is 17.2 Å². The second-order valence-electron chi connectivity index (χ2n) is 7.54. The second-order valence-corrected chi connectivity index (χ2v) is 7.54. The molecule has 4 aromatic rings. The van der Waals surface area contributed by atoms with Crippen molar-refractivity contribution in [1.82, 2.24) is 9.97 Å². The zero-order chi connectivity index (χ0) is 21.4. The minimum absolute atomic E-state index is 0.348. The maximum Gasteiger partial charge on any atom is 0.252 e. The normalized spacial score (nSPS) is 13.2. The van der Waals surface area contributed by atoms with Crippen molar-refractivity contribution in [3.05, 3.63) is 76.7 Å². The predicted octanol–water partition coefficient (Wildman–Crippen LogP) is 3.98. The lowest BCUT2D eigenvalue weighted by Gasteiger charge is -2.20. The number of hydrogen-bond donors (Lipinski definition) is 2. The first kappa shape index (κ1) is 19.3. The Morgan fingerprint density at radius 3 is 2.77 bits per heavy atom. The van der Waals surface area contributed by atoms with Gasteiger partial charge in [-0.25, -0.2) is 9.97 Å². The Hall–Kier alpha value is -3.71. The summed E-state index contributed by atoms with van der Waals surface area (Å²) in [6.45, 7) is 3.59. The van der Waals surface area contributed by atoms with E-state index >= 15 is 0 Å². The minimum Gasteiger partial charge on any atom is -0.460 e. The lowest BCUT2D eigenvalue weighted by atomic mass is 10.1. The number of aromatic nitrogens is 2. The van der Waals surface area contributed by atoms with Gasteiger partial charge in [0, 0.05) is 23.9 Å². The number of fused-ring (bicyclic) bond motifs is 2. The lowest BCUT2D eigenvalue weighted by Crippen LogP contribution is -2.17. The molecule has 0 aliphatic carbocycles. The Balaban J connectivity index is 1.62. The second kappa shape index (κ2) is 7.85. The molecular weight excluding hydrogens is 392 g/mol. The van der Waals surface area contributed by atoms with Crippen LogP contribution in [0.5, 0.6) is 0 Å². The van der Waals surface area contributed by atoms with Crippen LogP contribution in [0.15, 0.2) is 52.9 Å². The molecular formula is C24H22N4O3. The molecule has 3 N–H and O–H groups in total. The quantitative estimate of drug-likeness (QED) is 0.512. The van der Waals surface area contributed by atoms with E-state index in [4.69, 9.17) is 24.9 Å². The number of amides is 1. The van der Waals surface area contributed by atoms with Crippen LogP contribution in [-0.2, 0) is 24.3 Å². The molecule has 0 radical (unpaired) electrons. The van der Waals surface area contributed by atoms with Crippen molar-refractivity contribution in [1.29, 1.82) is 0 Å². The molecule has 0 fully saturated rings. The number of hydrogen-bond acceptors (Lipinski definition) is 6. The molecule has 0 atom stereocenters. The van der Waals surface area contributed by atoms with Crippen molar-refractivity contribution in [2.24, 2.45) is 5.73 Å². The third-order valence-electron chi connectivity index (χ3n) is 5.51. The number of ether oxygens (including phenoxy) is 1. The van der Waals surface area contributed by atoms with E-state index in [1.807, 2.05) is 31.2 Å². The van der Waals surface area contributed by atoms with Gasteiger partial charge in [0.2, 0.25) is 0 Å². The van der Waals surface area contributed by atoms with Crippen molar-refractivity contribution >= 4 is 22.7 Å². The topological polar surface area (TPSA) is 103 Å². The standard InChI is InChI=1S/C24H22N4O3/c1-14-20(16-8-5-9-17(22(25)29)21(16)31-14)24-27-19-10-11-30-13-18(19)23(28-24)26-12-15-6-3-2-4-7-15/h2-9H,10-13H2,1H3,(H2,25,29)(H,26,27,28). The molecule has 1 amide bonds. The molecule has 7 heteroatoms. The number of rotatable bonds is 5. The van der Waals surface area contributed by atoms with E-state index in [9.17, 15) is 4.79 Å². The van der Waals surface area contributed by atoms with Crippen LogP contribution >= 0.6 is 0 Å². The molecule has 3 heterocycles. The average Bonchev–Trinajstić information content (AvgIpc) is 3.13. The fraction of sp³-hybridized carbons (Fsp3) is 0.208. The minimum atomic E-state index is -0.528. The molecule has 0 saturated heterocycles. The molecule has 31 heavy (non-hydrogen) atoms. The van der Waals surface area contributed by atoms with E-state index in [1.54, 1.807) is 12.1 Å². The molecule has 0 spiro atoms. The highest BCUT2D eigenvalue weighted by Gasteiger charge is 2.24. The Kier molecular flexibility index (Phi) is 4.88. The van der Waals surface area contributed by atoms with Gasteiger partial charge in [-0.15, -0.1) is 0 Å². The number of nitrogens with one attached hydrogen (secondary N) is 1. The summed E-state index contributed by atoms with van der Waals surface area (Å²) in [6.07, 6.45) is 0.715. The van der Waals surface area contributed by atoms with E-state index in [-0.39, 0.29) is 0 Å². The smallest absolute Gasteiger partial charge is 0.252 e. The van der Waals surface area contributed by atoms with Gasteiger partial charge in [-0.1, -0.05) is 42.5 Å². The molecule has 2 aromatic heterocycles. The summed E-state index contributed by atoms with van der Waals surface area (Å²) in [4.78, 5) is 21.5. The maximum atomic E-state index is 11.8. The van der Waals surface area contributed by atoms with Gasteiger partial charge in [-0.05, 0) is 18.6 Å². The highest BCUT2D eigenvalue weighted by atomic mass is 16.5. The van der Waals surface area contributed by atoms with E-state index in [0.29, 0.717) is 48.9 Å². The first-order valence-electron chi connectivity index (χ1n) is 10.2. The summed E-state index contributed by atoms with van der Waals surface area (Å²) >= 11 is 0. The van der Waals surface area contributed by atoms with Crippen molar-refractivity contribution in [3.8, 4) is 11.4 Å². The van der Waals surface area contributed by atoms with Gasteiger partial charge in [-0.2, -0.15) is 0 Å². The Labute approximate surface area is 179 Å². The summed E-state index contributed by atoms with van der Waals surface area (Å²) in [6, 6.07) is 15.5. The number of anilines is 1. The van der Waals surface area contributed by atoms with Crippen LogP contribution < -0.4 is 11.1 Å². The summed E-state index contributed by atoms with van der Waals surface area (Å²) < 4.78 is 11.6. The first-order valence-corrected chi connectivity index (χ1v) is 10.2. The number of carbonyl (C=O) groups is 1. The number of nitrogens with two attached hydrogens (primary N) is 1. The Bertz CT molecular complexity index is 1280. The lowest BCUT2D eigenvalue weighted by molar-refractivity contribution is 0.100. The number of benzene rings is 2. The van der Waals surface area contributed by atoms with Gasteiger partial charge >= 0.3 is 0 Å². The number of primary amides is 1.